The van der Waals surface area contributed by atoms with E-state index >= 15 is 0 Å². The molecule has 0 aliphatic carbocycles. The van der Waals surface area contributed by atoms with Crippen molar-refractivity contribution in [3.8, 4) is 11.5 Å². The Hall–Kier alpha value is -2.67. The Morgan fingerprint density at radius 3 is 2.02 bits per heavy atom. The molecule has 2 atom stereocenters. The minimum atomic E-state index is -4.50. The van der Waals surface area contributed by atoms with Crippen molar-refractivity contribution < 1.29 is 69.4 Å². The zero-order chi connectivity index (χ0) is 30.2. The van der Waals surface area contributed by atoms with Gasteiger partial charge in [0.1, 0.15) is 15.0 Å². The molecule has 220 valence electrons. The Morgan fingerprint density at radius 2 is 1.48 bits per heavy atom. The van der Waals surface area contributed by atoms with Crippen LogP contribution in [0.25, 0.3) is 6.08 Å². The maximum absolute atomic E-state index is 13.0. The van der Waals surface area contributed by atoms with Gasteiger partial charge in [0.2, 0.25) is 0 Å². The molecule has 0 radical (unpaired) electrons. The Labute approximate surface area is 270 Å². The SMILES string of the molecule is CCOC(=O)/C=C/c1ccc(OS(=O)(=O)c2ccc(C(CC)CC(C)c3ccc(S(=O)(=O)[O-])cc3)cc2)c(OC)c1.[Na+]. The van der Waals surface area contributed by atoms with Crippen LogP contribution in [0.4, 0.5) is 0 Å². The summed E-state index contributed by atoms with van der Waals surface area (Å²) in [5.41, 5.74) is 2.45. The quantitative estimate of drug-likeness (QED) is 0.0924. The van der Waals surface area contributed by atoms with Crippen LogP contribution >= 0.6 is 0 Å². The first-order valence-electron chi connectivity index (χ1n) is 13.0. The number of methoxy groups -OCH3 is 1. The van der Waals surface area contributed by atoms with Gasteiger partial charge in [-0.1, -0.05) is 44.2 Å². The smallest absolute Gasteiger partial charge is 0.744 e. The summed E-state index contributed by atoms with van der Waals surface area (Å²) in [6.07, 6.45) is 4.32. The van der Waals surface area contributed by atoms with Gasteiger partial charge in [-0.05, 0) is 90.8 Å². The van der Waals surface area contributed by atoms with Crippen LogP contribution < -0.4 is 38.5 Å². The first kappa shape index (κ1) is 35.5. The topological polar surface area (TPSA) is 136 Å². The summed E-state index contributed by atoms with van der Waals surface area (Å²) in [7, 11) is -7.29. The zero-order valence-electron chi connectivity index (χ0n) is 24.3. The van der Waals surface area contributed by atoms with E-state index in [4.69, 9.17) is 13.7 Å². The molecule has 0 heterocycles. The van der Waals surface area contributed by atoms with Crippen LogP contribution in [0.2, 0.25) is 0 Å². The van der Waals surface area contributed by atoms with Gasteiger partial charge in [0.25, 0.3) is 0 Å². The molecule has 12 heteroatoms. The molecule has 0 N–H and O–H groups in total. The molecule has 3 rings (SSSR count). The maximum Gasteiger partial charge on any atom is 1.00 e. The van der Waals surface area contributed by atoms with Crippen molar-refractivity contribution >= 4 is 32.3 Å². The fourth-order valence-corrected chi connectivity index (χ4v) is 5.76. The van der Waals surface area contributed by atoms with Crippen molar-refractivity contribution in [1.82, 2.24) is 0 Å². The number of ether oxygens (including phenoxy) is 2. The molecular weight excluding hydrogens is 591 g/mol. The van der Waals surface area contributed by atoms with Crippen molar-refractivity contribution in [1.29, 1.82) is 0 Å². The van der Waals surface area contributed by atoms with E-state index in [1.165, 1.54) is 49.6 Å². The number of rotatable bonds is 13. The second-order valence-corrected chi connectivity index (χ2v) is 12.3. The summed E-state index contributed by atoms with van der Waals surface area (Å²) < 4.78 is 75.2. The predicted molar refractivity (Wildman–Crippen MR) is 153 cm³/mol. The second kappa shape index (κ2) is 15.7. The van der Waals surface area contributed by atoms with Crippen molar-refractivity contribution in [3.05, 3.63) is 89.5 Å². The Kier molecular flexibility index (Phi) is 13.3. The summed E-state index contributed by atoms with van der Waals surface area (Å²) in [5, 5.41) is 0. The fraction of sp³-hybridized carbons (Fsp3) is 0.300. The zero-order valence-corrected chi connectivity index (χ0v) is 27.9. The Balaban J connectivity index is 0.00000616. The van der Waals surface area contributed by atoms with E-state index in [-0.39, 0.29) is 69.3 Å². The molecule has 0 aliphatic rings. The largest absolute Gasteiger partial charge is 1.00 e. The van der Waals surface area contributed by atoms with E-state index in [1.54, 1.807) is 43.3 Å². The summed E-state index contributed by atoms with van der Waals surface area (Å²) >= 11 is 0. The average molecular weight is 625 g/mol. The second-order valence-electron chi connectivity index (χ2n) is 9.37. The van der Waals surface area contributed by atoms with E-state index in [9.17, 15) is 26.2 Å². The summed E-state index contributed by atoms with van der Waals surface area (Å²) in [4.78, 5) is 11.3. The van der Waals surface area contributed by atoms with Crippen molar-refractivity contribution in [2.24, 2.45) is 0 Å². The summed E-state index contributed by atoms with van der Waals surface area (Å²) in [5.74, 6) is -0.138. The van der Waals surface area contributed by atoms with Crippen LogP contribution in [-0.4, -0.2) is 41.1 Å². The molecule has 0 fully saturated rings. The molecule has 3 aromatic rings. The molecular formula is C30H33NaO9S2. The molecule has 0 aliphatic heterocycles. The minimum Gasteiger partial charge on any atom is -0.744 e. The molecule has 2 unspecified atom stereocenters. The van der Waals surface area contributed by atoms with Crippen molar-refractivity contribution in [2.45, 2.75) is 55.2 Å². The van der Waals surface area contributed by atoms with Crippen LogP contribution in [0.5, 0.6) is 11.5 Å². The Morgan fingerprint density at radius 1 is 0.881 bits per heavy atom. The van der Waals surface area contributed by atoms with Gasteiger partial charge in [-0.15, -0.1) is 0 Å². The molecule has 0 amide bonds. The monoisotopic (exact) mass is 624 g/mol. The van der Waals surface area contributed by atoms with Gasteiger partial charge < -0.3 is 18.2 Å². The molecule has 42 heavy (non-hydrogen) atoms. The van der Waals surface area contributed by atoms with Crippen molar-refractivity contribution in [3.63, 3.8) is 0 Å². The van der Waals surface area contributed by atoms with Crippen molar-refractivity contribution in [2.75, 3.05) is 13.7 Å². The van der Waals surface area contributed by atoms with Gasteiger partial charge in [-0.25, -0.2) is 13.2 Å². The minimum absolute atomic E-state index is 0. The normalized spacial score (nSPS) is 13.2. The first-order valence-corrected chi connectivity index (χ1v) is 15.8. The fourth-order valence-electron chi connectivity index (χ4n) is 4.35. The third kappa shape index (κ3) is 9.68. The molecule has 9 nitrogen and oxygen atoms in total. The Bertz CT molecular complexity index is 1580. The van der Waals surface area contributed by atoms with E-state index < -0.39 is 26.2 Å². The van der Waals surface area contributed by atoms with E-state index in [0.29, 0.717) is 5.56 Å². The van der Waals surface area contributed by atoms with Crippen LogP contribution in [0.3, 0.4) is 0 Å². The number of hydrogen-bond acceptors (Lipinski definition) is 9. The van der Waals surface area contributed by atoms with Crippen LogP contribution in [0.15, 0.2) is 82.6 Å². The van der Waals surface area contributed by atoms with Gasteiger partial charge in [-0.3, -0.25) is 0 Å². The van der Waals surface area contributed by atoms with Gasteiger partial charge in [-0.2, -0.15) is 8.42 Å². The summed E-state index contributed by atoms with van der Waals surface area (Å²) in [6, 6.07) is 17.0. The number of carbonyl (C=O) groups excluding carboxylic acids is 1. The third-order valence-electron chi connectivity index (χ3n) is 6.59. The van der Waals surface area contributed by atoms with Gasteiger partial charge in [0.05, 0.1) is 18.6 Å². The van der Waals surface area contributed by atoms with Gasteiger partial charge in [0.15, 0.2) is 11.5 Å². The number of benzene rings is 3. The van der Waals surface area contributed by atoms with Gasteiger partial charge >= 0.3 is 45.6 Å². The number of hydrogen-bond donors (Lipinski definition) is 0. The van der Waals surface area contributed by atoms with Crippen LogP contribution in [0, 0.1) is 0 Å². The van der Waals surface area contributed by atoms with Gasteiger partial charge in [0, 0.05) is 6.08 Å². The van der Waals surface area contributed by atoms with E-state index in [0.717, 1.165) is 24.0 Å². The number of carbonyl (C=O) groups is 1. The predicted octanol–water partition coefficient (Wildman–Crippen LogP) is 2.63. The maximum atomic E-state index is 13.0. The average Bonchev–Trinajstić information content (AvgIpc) is 2.95. The van der Waals surface area contributed by atoms with Crippen LogP contribution in [0.1, 0.15) is 62.1 Å². The number of esters is 1. The molecule has 0 spiro atoms. The van der Waals surface area contributed by atoms with E-state index in [2.05, 4.69) is 0 Å². The summed E-state index contributed by atoms with van der Waals surface area (Å²) in [6.45, 7) is 6.01. The standard InChI is InChI=1S/C30H34O9S2.Na/c1-5-23(19-21(3)24-9-13-26(14-10-24)40(32,33)34)25-11-15-27(16-12-25)41(35,36)39-28-17-7-22(20-29(28)37-4)8-18-30(31)38-6-2;/h7-18,20-21,23H,5-6,19H2,1-4H3,(H,32,33,34);/q;+1/p-1/b18-8+;. The molecule has 3 aromatic carbocycles. The van der Waals surface area contributed by atoms with E-state index in [1.807, 2.05) is 13.8 Å². The van der Waals surface area contributed by atoms with Crippen LogP contribution in [-0.2, 0) is 29.8 Å². The molecule has 0 saturated heterocycles. The molecule has 0 saturated carbocycles. The third-order valence-corrected chi connectivity index (χ3v) is 8.69. The molecule has 0 bridgehead atoms. The first-order chi connectivity index (χ1) is 19.4. The molecule has 0 aromatic heterocycles.